The van der Waals surface area contributed by atoms with Crippen molar-refractivity contribution in [2.75, 3.05) is 0 Å². The Balaban J connectivity index is 2.10. The van der Waals surface area contributed by atoms with Gasteiger partial charge in [-0.2, -0.15) is 11.3 Å². The van der Waals surface area contributed by atoms with Gasteiger partial charge in [0.25, 0.3) is 5.56 Å². The fourth-order valence-corrected chi connectivity index (χ4v) is 3.12. The summed E-state index contributed by atoms with van der Waals surface area (Å²) in [6, 6.07) is 10.4. The normalized spacial score (nSPS) is 10.9. The van der Waals surface area contributed by atoms with Gasteiger partial charge in [-0.25, -0.2) is 4.79 Å². The van der Waals surface area contributed by atoms with E-state index in [9.17, 15) is 14.7 Å². The van der Waals surface area contributed by atoms with Crippen LogP contribution in [-0.4, -0.2) is 15.6 Å². The van der Waals surface area contributed by atoms with Crippen LogP contribution in [0.4, 0.5) is 0 Å². The quantitative estimate of drug-likeness (QED) is 0.805. The number of nitrogens with zero attached hydrogens (tertiary/aromatic N) is 1. The van der Waals surface area contributed by atoms with Gasteiger partial charge in [0.15, 0.2) is 0 Å². The molecule has 2 heterocycles. The number of aromatic carboxylic acids is 1. The van der Waals surface area contributed by atoms with E-state index in [0.29, 0.717) is 17.4 Å². The first-order valence-electron chi connectivity index (χ1n) is 6.54. The van der Waals surface area contributed by atoms with Crippen molar-refractivity contribution in [3.8, 4) is 0 Å². The first kappa shape index (κ1) is 13.6. The molecule has 4 nitrogen and oxygen atoms in total. The lowest BCUT2D eigenvalue weighted by molar-refractivity contribution is 0.0698. The van der Waals surface area contributed by atoms with Crippen LogP contribution < -0.4 is 5.56 Å². The number of hydrogen-bond acceptors (Lipinski definition) is 3. The Kier molecular flexibility index (Phi) is 3.58. The van der Waals surface area contributed by atoms with Crippen LogP contribution in [0.1, 0.15) is 15.9 Å². The molecule has 1 N–H and O–H groups in total. The minimum Gasteiger partial charge on any atom is -0.478 e. The van der Waals surface area contributed by atoms with Gasteiger partial charge in [-0.3, -0.25) is 4.79 Å². The lowest BCUT2D eigenvalue weighted by Crippen LogP contribution is -2.22. The van der Waals surface area contributed by atoms with Crippen molar-refractivity contribution in [1.29, 1.82) is 0 Å². The Bertz CT molecular complexity index is 850. The lowest BCUT2D eigenvalue weighted by Gasteiger charge is -2.11. The molecule has 0 radical (unpaired) electrons. The number of benzene rings is 1. The monoisotopic (exact) mass is 299 g/mol. The molecule has 21 heavy (non-hydrogen) atoms. The Hall–Kier alpha value is -2.40. The van der Waals surface area contributed by atoms with Gasteiger partial charge in [-0.15, -0.1) is 0 Å². The summed E-state index contributed by atoms with van der Waals surface area (Å²) in [5.74, 6) is -1.08. The molecule has 106 valence electrons. The number of hydrogen-bond donors (Lipinski definition) is 1. The number of para-hydroxylation sites is 1. The highest BCUT2D eigenvalue weighted by atomic mass is 32.1. The maximum Gasteiger partial charge on any atom is 0.336 e. The summed E-state index contributed by atoms with van der Waals surface area (Å²) >= 11 is 1.62. The number of aromatic nitrogens is 1. The van der Waals surface area contributed by atoms with Crippen molar-refractivity contribution in [3.63, 3.8) is 0 Å². The summed E-state index contributed by atoms with van der Waals surface area (Å²) in [6.45, 7) is 0.538. The number of pyridine rings is 1. The van der Waals surface area contributed by atoms with Gasteiger partial charge in [-0.1, -0.05) is 18.2 Å². The minimum atomic E-state index is -1.08. The molecule has 0 unspecified atom stereocenters. The highest BCUT2D eigenvalue weighted by Gasteiger charge is 2.13. The lowest BCUT2D eigenvalue weighted by atomic mass is 10.1. The topological polar surface area (TPSA) is 59.3 Å². The van der Waals surface area contributed by atoms with Crippen molar-refractivity contribution in [3.05, 3.63) is 68.6 Å². The molecule has 0 bridgehead atoms. The van der Waals surface area contributed by atoms with E-state index in [1.807, 2.05) is 17.5 Å². The zero-order valence-corrected chi connectivity index (χ0v) is 12.0. The Morgan fingerprint density at radius 3 is 2.76 bits per heavy atom. The summed E-state index contributed by atoms with van der Waals surface area (Å²) in [4.78, 5) is 23.5. The molecule has 0 aliphatic rings. The molecule has 0 aliphatic carbocycles. The first-order valence-corrected chi connectivity index (χ1v) is 7.48. The molecule has 5 heteroatoms. The van der Waals surface area contributed by atoms with Gasteiger partial charge in [-0.05, 0) is 34.9 Å². The Morgan fingerprint density at radius 1 is 1.24 bits per heavy atom. The fraction of sp³-hybridized carbons (Fsp3) is 0.125. The van der Waals surface area contributed by atoms with Crippen LogP contribution in [0.25, 0.3) is 10.9 Å². The number of thiophene rings is 1. The van der Waals surface area contributed by atoms with Gasteiger partial charge in [0.05, 0.1) is 11.1 Å². The summed E-state index contributed by atoms with van der Waals surface area (Å²) in [5.41, 5.74) is 1.62. The second kappa shape index (κ2) is 5.54. The summed E-state index contributed by atoms with van der Waals surface area (Å²) in [6.07, 6.45) is 0.750. The number of fused-ring (bicyclic) bond motifs is 1. The van der Waals surface area contributed by atoms with Crippen molar-refractivity contribution in [1.82, 2.24) is 4.57 Å². The molecular weight excluding hydrogens is 286 g/mol. The van der Waals surface area contributed by atoms with E-state index in [1.165, 1.54) is 11.6 Å². The fourth-order valence-electron chi connectivity index (χ4n) is 2.42. The summed E-state index contributed by atoms with van der Waals surface area (Å²) in [5, 5.41) is 13.9. The van der Waals surface area contributed by atoms with Gasteiger partial charge in [0.1, 0.15) is 0 Å². The zero-order chi connectivity index (χ0) is 14.8. The summed E-state index contributed by atoms with van der Waals surface area (Å²) < 4.78 is 1.64. The second-order valence-electron chi connectivity index (χ2n) is 4.75. The molecule has 0 saturated carbocycles. The predicted molar refractivity (Wildman–Crippen MR) is 83.2 cm³/mol. The molecule has 0 spiro atoms. The number of rotatable bonds is 4. The van der Waals surface area contributed by atoms with Crippen LogP contribution in [0.3, 0.4) is 0 Å². The molecule has 3 rings (SSSR count). The maximum atomic E-state index is 12.2. The largest absolute Gasteiger partial charge is 0.478 e. The average molecular weight is 299 g/mol. The van der Waals surface area contributed by atoms with E-state index >= 15 is 0 Å². The molecule has 2 aromatic heterocycles. The van der Waals surface area contributed by atoms with E-state index in [4.69, 9.17) is 0 Å². The van der Waals surface area contributed by atoms with Crippen LogP contribution in [0.15, 0.2) is 52.0 Å². The van der Waals surface area contributed by atoms with Crippen LogP contribution in [0, 0.1) is 0 Å². The SMILES string of the molecule is O=C(O)c1cc(=O)n(CCc2ccsc2)c2ccccc12. The third kappa shape index (κ3) is 2.60. The zero-order valence-electron chi connectivity index (χ0n) is 11.2. The number of aryl methyl sites for hydroxylation is 2. The van der Waals surface area contributed by atoms with Crippen molar-refractivity contribution in [2.24, 2.45) is 0 Å². The third-order valence-electron chi connectivity index (χ3n) is 3.45. The molecule has 0 atom stereocenters. The molecule has 1 aromatic carbocycles. The van der Waals surface area contributed by atoms with Crippen LogP contribution in [0.5, 0.6) is 0 Å². The van der Waals surface area contributed by atoms with E-state index < -0.39 is 5.97 Å². The van der Waals surface area contributed by atoms with E-state index in [0.717, 1.165) is 6.42 Å². The van der Waals surface area contributed by atoms with E-state index in [1.54, 1.807) is 34.1 Å². The third-order valence-corrected chi connectivity index (χ3v) is 4.19. The number of carboxylic acid groups (broad SMARTS) is 1. The average Bonchev–Trinajstić information content (AvgIpc) is 2.98. The van der Waals surface area contributed by atoms with E-state index in [2.05, 4.69) is 5.38 Å². The Labute approximate surface area is 124 Å². The number of carboxylic acids is 1. The molecule has 0 amide bonds. The molecule has 0 aliphatic heterocycles. The second-order valence-corrected chi connectivity index (χ2v) is 5.53. The van der Waals surface area contributed by atoms with Gasteiger partial charge >= 0.3 is 5.97 Å². The van der Waals surface area contributed by atoms with Gasteiger partial charge in [0.2, 0.25) is 0 Å². The van der Waals surface area contributed by atoms with Crippen LogP contribution >= 0.6 is 11.3 Å². The van der Waals surface area contributed by atoms with Crippen molar-refractivity contribution >= 4 is 28.2 Å². The van der Waals surface area contributed by atoms with Gasteiger partial charge < -0.3 is 9.67 Å². The predicted octanol–water partition coefficient (Wildman–Crippen LogP) is 3.00. The maximum absolute atomic E-state index is 12.2. The molecular formula is C16H13NO3S. The number of carbonyl (C=O) groups is 1. The minimum absolute atomic E-state index is 0.0578. The van der Waals surface area contributed by atoms with Crippen molar-refractivity contribution < 1.29 is 9.90 Å². The first-order chi connectivity index (χ1) is 10.2. The van der Waals surface area contributed by atoms with Gasteiger partial charge in [0, 0.05) is 18.0 Å². The highest BCUT2D eigenvalue weighted by Crippen LogP contribution is 2.17. The Morgan fingerprint density at radius 2 is 2.05 bits per heavy atom. The molecule has 3 aromatic rings. The summed E-state index contributed by atoms with van der Waals surface area (Å²) in [7, 11) is 0. The van der Waals surface area contributed by atoms with E-state index in [-0.39, 0.29) is 11.1 Å². The van der Waals surface area contributed by atoms with Crippen LogP contribution in [0.2, 0.25) is 0 Å². The highest BCUT2D eigenvalue weighted by molar-refractivity contribution is 7.07. The van der Waals surface area contributed by atoms with Crippen molar-refractivity contribution in [2.45, 2.75) is 13.0 Å². The smallest absolute Gasteiger partial charge is 0.336 e. The van der Waals surface area contributed by atoms with Crippen LogP contribution in [-0.2, 0) is 13.0 Å². The molecule has 0 fully saturated rings. The standard InChI is InChI=1S/C16H13NO3S/c18-15-9-13(16(19)20)12-3-1-2-4-14(12)17(15)7-5-11-6-8-21-10-11/h1-4,6,8-10H,5,7H2,(H,19,20). The molecule has 0 saturated heterocycles.